The summed E-state index contributed by atoms with van der Waals surface area (Å²) in [6.07, 6.45) is 2.79. The smallest absolute Gasteiger partial charge is 0.140 e. The third-order valence-corrected chi connectivity index (χ3v) is 5.39. The van der Waals surface area contributed by atoms with E-state index in [2.05, 4.69) is 26.8 Å². The van der Waals surface area contributed by atoms with Crippen LogP contribution in [0.3, 0.4) is 0 Å². The first-order valence-corrected chi connectivity index (χ1v) is 9.20. The van der Waals surface area contributed by atoms with E-state index in [-0.39, 0.29) is 18.2 Å². The molecule has 2 aliphatic heterocycles. The van der Waals surface area contributed by atoms with Crippen LogP contribution >= 0.6 is 0 Å². The van der Waals surface area contributed by atoms with Crippen molar-refractivity contribution in [2.45, 2.75) is 38.2 Å². The van der Waals surface area contributed by atoms with Crippen molar-refractivity contribution in [1.29, 1.82) is 0 Å². The Morgan fingerprint density at radius 2 is 1.96 bits per heavy atom. The highest BCUT2D eigenvalue weighted by atomic mass is 16.6. The van der Waals surface area contributed by atoms with Crippen molar-refractivity contribution in [3.05, 3.63) is 54.1 Å². The van der Waals surface area contributed by atoms with Gasteiger partial charge in [-0.3, -0.25) is 0 Å². The summed E-state index contributed by atoms with van der Waals surface area (Å²) in [5, 5.41) is 14.6. The van der Waals surface area contributed by atoms with Crippen LogP contribution in [0.2, 0.25) is 0 Å². The lowest BCUT2D eigenvalue weighted by molar-refractivity contribution is 0.0172. The predicted molar refractivity (Wildman–Crippen MR) is 98.8 cm³/mol. The van der Waals surface area contributed by atoms with Crippen molar-refractivity contribution in [1.82, 2.24) is 19.3 Å². The Hall–Kier alpha value is -2.48. The van der Waals surface area contributed by atoms with Gasteiger partial charge < -0.3 is 19.1 Å². The average Bonchev–Trinajstić information content (AvgIpc) is 3.41. The van der Waals surface area contributed by atoms with Crippen LogP contribution in [0, 0.1) is 13.8 Å². The van der Waals surface area contributed by atoms with Crippen molar-refractivity contribution < 1.29 is 14.6 Å². The third-order valence-electron chi connectivity index (χ3n) is 5.39. The summed E-state index contributed by atoms with van der Waals surface area (Å²) in [6, 6.07) is 10.3. The molecule has 0 aliphatic carbocycles. The van der Waals surface area contributed by atoms with E-state index < -0.39 is 6.10 Å². The van der Waals surface area contributed by atoms with Crippen molar-refractivity contribution >= 4 is 0 Å². The molecule has 0 amide bonds. The number of aromatic nitrogens is 4. The fraction of sp³-hybridized carbons (Fsp3) is 0.400. The molecule has 3 aromatic rings. The van der Waals surface area contributed by atoms with Gasteiger partial charge in [-0.2, -0.15) is 5.10 Å². The highest BCUT2D eigenvalue weighted by Gasteiger charge is 2.48. The Kier molecular flexibility index (Phi) is 3.89. The molecule has 27 heavy (non-hydrogen) atoms. The fourth-order valence-corrected chi connectivity index (χ4v) is 4.17. The Bertz CT molecular complexity index is 979. The number of aliphatic hydroxyl groups is 1. The van der Waals surface area contributed by atoms with Crippen LogP contribution in [-0.4, -0.2) is 56.0 Å². The molecular formula is C20H22N4O3. The summed E-state index contributed by atoms with van der Waals surface area (Å²) in [5.74, 6) is 0.859. The molecular weight excluding hydrogens is 344 g/mol. The SMILES string of the molecule is Cc1cc(C)n(-c2cccc(-c3nccn3[C@H]3CO[C@H]4[C@@H]3OC[C@H]4O)c2)n1. The van der Waals surface area contributed by atoms with Gasteiger partial charge in [0, 0.05) is 23.7 Å². The first-order valence-electron chi connectivity index (χ1n) is 9.20. The van der Waals surface area contributed by atoms with E-state index in [1.807, 2.05) is 42.9 Å². The number of ether oxygens (including phenoxy) is 2. The normalized spacial score (nSPS) is 27.2. The lowest BCUT2D eigenvalue weighted by Gasteiger charge is -2.20. The van der Waals surface area contributed by atoms with Gasteiger partial charge in [-0.15, -0.1) is 0 Å². The molecule has 2 saturated heterocycles. The maximum Gasteiger partial charge on any atom is 0.140 e. The first-order chi connectivity index (χ1) is 13.1. The Morgan fingerprint density at radius 3 is 2.78 bits per heavy atom. The zero-order valence-corrected chi connectivity index (χ0v) is 15.3. The Labute approximate surface area is 157 Å². The number of fused-ring (bicyclic) bond motifs is 1. The minimum atomic E-state index is -0.554. The largest absolute Gasteiger partial charge is 0.388 e. The van der Waals surface area contributed by atoms with E-state index in [4.69, 9.17) is 9.47 Å². The second kappa shape index (κ2) is 6.30. The second-order valence-corrected chi connectivity index (χ2v) is 7.28. The van der Waals surface area contributed by atoms with Crippen molar-refractivity contribution in [2.75, 3.05) is 13.2 Å². The zero-order valence-electron chi connectivity index (χ0n) is 15.3. The number of nitrogens with zero attached hydrogens (tertiary/aromatic N) is 4. The summed E-state index contributed by atoms with van der Waals surface area (Å²) in [7, 11) is 0. The lowest BCUT2D eigenvalue weighted by atomic mass is 10.1. The summed E-state index contributed by atoms with van der Waals surface area (Å²) in [5.41, 5.74) is 4.09. The molecule has 0 saturated carbocycles. The van der Waals surface area contributed by atoms with Crippen LogP contribution < -0.4 is 0 Å². The summed E-state index contributed by atoms with van der Waals surface area (Å²) in [4.78, 5) is 4.59. The zero-order chi connectivity index (χ0) is 18.5. The summed E-state index contributed by atoms with van der Waals surface area (Å²) < 4.78 is 15.6. The molecule has 5 rings (SSSR count). The van der Waals surface area contributed by atoms with Crippen LogP contribution in [0.5, 0.6) is 0 Å². The molecule has 7 heteroatoms. The molecule has 0 radical (unpaired) electrons. The Morgan fingerprint density at radius 1 is 1.11 bits per heavy atom. The number of imidazole rings is 1. The maximum absolute atomic E-state index is 10.0. The van der Waals surface area contributed by atoms with Gasteiger partial charge in [0.25, 0.3) is 0 Å². The standard InChI is InChI=1S/C20H22N4O3/c1-12-8-13(2)24(22-12)15-5-3-4-14(9-15)20-21-6-7-23(20)16-10-26-19-17(25)11-27-18(16)19/h3-9,16-19,25H,10-11H2,1-2H3/t16-,17+,18+,19+/m0/s1. The maximum atomic E-state index is 10.0. The monoisotopic (exact) mass is 366 g/mol. The van der Waals surface area contributed by atoms with Gasteiger partial charge in [0.2, 0.25) is 0 Å². The van der Waals surface area contributed by atoms with Gasteiger partial charge in [-0.1, -0.05) is 12.1 Å². The number of benzene rings is 1. The lowest BCUT2D eigenvalue weighted by Crippen LogP contribution is -2.30. The van der Waals surface area contributed by atoms with Crippen LogP contribution in [0.4, 0.5) is 0 Å². The molecule has 2 fully saturated rings. The van der Waals surface area contributed by atoms with E-state index in [9.17, 15) is 5.11 Å². The van der Waals surface area contributed by atoms with Crippen LogP contribution in [0.1, 0.15) is 17.4 Å². The van der Waals surface area contributed by atoms with Crippen LogP contribution in [0.15, 0.2) is 42.7 Å². The van der Waals surface area contributed by atoms with Crippen molar-refractivity contribution in [3.63, 3.8) is 0 Å². The van der Waals surface area contributed by atoms with E-state index >= 15 is 0 Å². The van der Waals surface area contributed by atoms with Gasteiger partial charge in [0.05, 0.1) is 30.6 Å². The van der Waals surface area contributed by atoms with Gasteiger partial charge >= 0.3 is 0 Å². The van der Waals surface area contributed by atoms with E-state index in [1.54, 1.807) is 6.20 Å². The molecule has 1 aromatic carbocycles. The molecule has 1 N–H and O–H groups in total. The quantitative estimate of drug-likeness (QED) is 0.768. The average molecular weight is 366 g/mol. The number of aliphatic hydroxyl groups excluding tert-OH is 1. The number of rotatable bonds is 3. The van der Waals surface area contributed by atoms with Crippen molar-refractivity contribution in [2.24, 2.45) is 0 Å². The van der Waals surface area contributed by atoms with E-state index in [1.165, 1.54) is 0 Å². The molecule has 0 unspecified atom stereocenters. The molecule has 2 aliphatic rings. The van der Waals surface area contributed by atoms with Gasteiger partial charge in [0.15, 0.2) is 0 Å². The molecule has 0 spiro atoms. The molecule has 4 heterocycles. The molecule has 0 bridgehead atoms. The summed E-state index contributed by atoms with van der Waals surface area (Å²) in [6.45, 7) is 4.87. The van der Waals surface area contributed by atoms with Crippen LogP contribution in [-0.2, 0) is 9.47 Å². The highest BCUT2D eigenvalue weighted by molar-refractivity contribution is 5.60. The van der Waals surface area contributed by atoms with Gasteiger partial charge in [-0.05, 0) is 32.0 Å². The number of aryl methyl sites for hydroxylation is 2. The fourth-order valence-electron chi connectivity index (χ4n) is 4.17. The van der Waals surface area contributed by atoms with Gasteiger partial charge in [0.1, 0.15) is 24.1 Å². The number of hydrogen-bond acceptors (Lipinski definition) is 5. The van der Waals surface area contributed by atoms with E-state index in [0.29, 0.717) is 13.2 Å². The topological polar surface area (TPSA) is 74.3 Å². The molecule has 2 aromatic heterocycles. The minimum absolute atomic E-state index is 0.00184. The molecule has 140 valence electrons. The number of hydrogen-bond donors (Lipinski definition) is 1. The van der Waals surface area contributed by atoms with Crippen LogP contribution in [0.25, 0.3) is 17.1 Å². The van der Waals surface area contributed by atoms with E-state index in [0.717, 1.165) is 28.5 Å². The van der Waals surface area contributed by atoms with Crippen molar-refractivity contribution in [3.8, 4) is 17.1 Å². The summed E-state index contributed by atoms with van der Waals surface area (Å²) >= 11 is 0. The molecule has 4 atom stereocenters. The first kappa shape index (κ1) is 16.7. The molecule has 7 nitrogen and oxygen atoms in total. The highest BCUT2D eigenvalue weighted by Crippen LogP contribution is 2.36. The minimum Gasteiger partial charge on any atom is -0.388 e. The van der Waals surface area contributed by atoms with Gasteiger partial charge in [-0.25, -0.2) is 9.67 Å². The third kappa shape index (κ3) is 2.70. The predicted octanol–water partition coefficient (Wildman–Crippen LogP) is 2.05. The Balaban J connectivity index is 1.51. The second-order valence-electron chi connectivity index (χ2n) is 7.28.